The van der Waals surface area contributed by atoms with Gasteiger partial charge in [0.05, 0.1) is 0 Å². The zero-order valence-corrected chi connectivity index (χ0v) is 14.0. The van der Waals surface area contributed by atoms with Crippen LogP contribution in [0.15, 0.2) is 23.8 Å². The van der Waals surface area contributed by atoms with Gasteiger partial charge in [-0.2, -0.15) is 0 Å². The molecule has 0 aliphatic rings. The zero-order chi connectivity index (χ0) is 14.8. The lowest BCUT2D eigenvalue weighted by Gasteiger charge is -2.21. The van der Waals surface area contributed by atoms with Gasteiger partial charge in [-0.25, -0.2) is 0 Å². The molecule has 0 bridgehead atoms. The van der Waals surface area contributed by atoms with Crippen molar-refractivity contribution in [1.29, 1.82) is 0 Å². The molecular weight excluding hydrogens is 228 g/mol. The Morgan fingerprint density at radius 2 is 1.68 bits per heavy atom. The molecule has 0 saturated heterocycles. The largest absolute Gasteiger partial charge is 0.0693 e. The highest BCUT2D eigenvalue weighted by Crippen LogP contribution is 2.31. The highest BCUT2D eigenvalue weighted by Gasteiger charge is 2.14. The number of allylic oxidation sites excluding steroid dienone is 2. The third kappa shape index (κ3) is 4.53. The Bertz CT molecular complexity index is 467. The van der Waals surface area contributed by atoms with Crippen LogP contribution in [0.25, 0.3) is 5.57 Å². The molecule has 0 nitrogen and oxygen atoms in total. The Labute approximate surface area is 119 Å². The summed E-state index contributed by atoms with van der Waals surface area (Å²) in [7, 11) is 0. The molecule has 1 aromatic carbocycles. The second-order valence-electron chi connectivity index (χ2n) is 7.37. The van der Waals surface area contributed by atoms with Crippen LogP contribution < -0.4 is 0 Å². The summed E-state index contributed by atoms with van der Waals surface area (Å²) in [5, 5.41) is 0. The topological polar surface area (TPSA) is 0 Å². The van der Waals surface area contributed by atoms with Crippen molar-refractivity contribution in [3.05, 3.63) is 40.5 Å². The summed E-state index contributed by atoms with van der Waals surface area (Å²) in [5.41, 5.74) is 7.56. The summed E-state index contributed by atoms with van der Waals surface area (Å²) < 4.78 is 0. The summed E-state index contributed by atoms with van der Waals surface area (Å²) in [6, 6.07) is 6.90. The smallest absolute Gasteiger partial charge is 0.0196 e. The third-order valence-electron chi connectivity index (χ3n) is 3.77. The van der Waals surface area contributed by atoms with E-state index in [1.54, 1.807) is 0 Å². The van der Waals surface area contributed by atoms with Crippen LogP contribution in [0.3, 0.4) is 0 Å². The molecule has 0 N–H and O–H groups in total. The van der Waals surface area contributed by atoms with Crippen molar-refractivity contribution in [3.63, 3.8) is 0 Å². The molecule has 0 spiro atoms. The Morgan fingerprint density at radius 3 is 2.16 bits per heavy atom. The van der Waals surface area contributed by atoms with E-state index in [9.17, 15) is 0 Å². The first-order valence-corrected chi connectivity index (χ1v) is 7.39. The molecule has 0 saturated carbocycles. The van der Waals surface area contributed by atoms with E-state index in [-0.39, 0.29) is 0 Å². The van der Waals surface area contributed by atoms with Crippen molar-refractivity contribution < 1.29 is 0 Å². The summed E-state index contributed by atoms with van der Waals surface area (Å²) >= 11 is 0. The minimum atomic E-state index is 0.356. The van der Waals surface area contributed by atoms with Crippen LogP contribution in [0.2, 0.25) is 0 Å². The standard InChI is InChI=1S/C19H30/c1-13(2)17-10-9-14(3)18(11-17)16(5)15(4)12-19(6,7)8/h9-11,13H,12H2,1-8H3/b16-15+. The van der Waals surface area contributed by atoms with E-state index in [0.29, 0.717) is 11.3 Å². The van der Waals surface area contributed by atoms with E-state index in [0.717, 1.165) is 6.42 Å². The molecular formula is C19H30. The van der Waals surface area contributed by atoms with Crippen molar-refractivity contribution in [2.24, 2.45) is 5.41 Å². The molecule has 1 aromatic rings. The van der Waals surface area contributed by atoms with Gasteiger partial charge in [0, 0.05) is 0 Å². The van der Waals surface area contributed by atoms with Crippen molar-refractivity contribution in [1.82, 2.24) is 0 Å². The minimum absolute atomic E-state index is 0.356. The fourth-order valence-electron chi connectivity index (χ4n) is 2.56. The van der Waals surface area contributed by atoms with E-state index >= 15 is 0 Å². The predicted molar refractivity (Wildman–Crippen MR) is 87.6 cm³/mol. The predicted octanol–water partition coefficient (Wildman–Crippen LogP) is 6.35. The Hall–Kier alpha value is -1.04. The van der Waals surface area contributed by atoms with E-state index < -0.39 is 0 Å². The zero-order valence-electron chi connectivity index (χ0n) is 14.0. The minimum Gasteiger partial charge on any atom is -0.0693 e. The lowest BCUT2D eigenvalue weighted by molar-refractivity contribution is 0.410. The monoisotopic (exact) mass is 258 g/mol. The SMILES string of the molecule is C/C(CC(C)(C)C)=C(/C)c1cc(C(C)C)ccc1C. The van der Waals surface area contributed by atoms with E-state index in [4.69, 9.17) is 0 Å². The fraction of sp³-hybridized carbons (Fsp3) is 0.579. The van der Waals surface area contributed by atoms with Gasteiger partial charge in [-0.05, 0) is 60.8 Å². The van der Waals surface area contributed by atoms with Gasteiger partial charge in [0.15, 0.2) is 0 Å². The van der Waals surface area contributed by atoms with Gasteiger partial charge in [-0.3, -0.25) is 0 Å². The second-order valence-corrected chi connectivity index (χ2v) is 7.37. The van der Waals surface area contributed by atoms with Crippen LogP contribution in [0.1, 0.15) is 77.5 Å². The second kappa shape index (κ2) is 5.94. The van der Waals surface area contributed by atoms with Crippen molar-refractivity contribution in [2.45, 2.75) is 67.7 Å². The maximum absolute atomic E-state index is 2.38. The number of rotatable bonds is 3. The maximum Gasteiger partial charge on any atom is -0.0196 e. The number of benzene rings is 1. The summed E-state index contributed by atoms with van der Waals surface area (Å²) in [4.78, 5) is 0. The van der Waals surface area contributed by atoms with E-state index in [1.807, 2.05) is 0 Å². The Balaban J connectivity index is 3.21. The molecule has 0 radical (unpaired) electrons. The van der Waals surface area contributed by atoms with Crippen LogP contribution in [0, 0.1) is 12.3 Å². The molecule has 0 amide bonds. The van der Waals surface area contributed by atoms with Gasteiger partial charge in [0.1, 0.15) is 0 Å². The molecule has 1 rings (SSSR count). The molecule has 0 atom stereocenters. The maximum atomic E-state index is 2.38. The third-order valence-corrected chi connectivity index (χ3v) is 3.77. The van der Waals surface area contributed by atoms with Gasteiger partial charge in [0.2, 0.25) is 0 Å². The summed E-state index contributed by atoms with van der Waals surface area (Å²) in [6.45, 7) is 18.2. The van der Waals surface area contributed by atoms with Gasteiger partial charge < -0.3 is 0 Å². The van der Waals surface area contributed by atoms with Gasteiger partial charge in [-0.15, -0.1) is 0 Å². The Kier molecular flexibility index (Phi) is 5.01. The van der Waals surface area contributed by atoms with E-state index in [1.165, 1.54) is 27.8 Å². The number of hydrogen-bond donors (Lipinski definition) is 0. The highest BCUT2D eigenvalue weighted by molar-refractivity contribution is 5.69. The molecule has 19 heavy (non-hydrogen) atoms. The average molecular weight is 258 g/mol. The summed E-state index contributed by atoms with van der Waals surface area (Å²) in [6.07, 6.45) is 1.16. The Morgan fingerprint density at radius 1 is 1.11 bits per heavy atom. The van der Waals surface area contributed by atoms with Crippen LogP contribution in [-0.2, 0) is 0 Å². The van der Waals surface area contributed by atoms with Crippen LogP contribution in [0.4, 0.5) is 0 Å². The van der Waals surface area contributed by atoms with Gasteiger partial charge in [-0.1, -0.05) is 58.4 Å². The average Bonchev–Trinajstić information content (AvgIpc) is 2.26. The molecule has 0 heterocycles. The van der Waals surface area contributed by atoms with Crippen molar-refractivity contribution >= 4 is 5.57 Å². The quantitative estimate of drug-likeness (QED) is 0.592. The van der Waals surface area contributed by atoms with Gasteiger partial charge >= 0.3 is 0 Å². The first kappa shape index (κ1) is 16.0. The molecule has 0 aromatic heterocycles. The first-order valence-electron chi connectivity index (χ1n) is 7.39. The molecule has 0 fully saturated rings. The first-order chi connectivity index (χ1) is 8.61. The highest BCUT2D eigenvalue weighted by atomic mass is 14.2. The van der Waals surface area contributed by atoms with Crippen LogP contribution >= 0.6 is 0 Å². The molecule has 0 aliphatic heterocycles. The van der Waals surface area contributed by atoms with E-state index in [2.05, 4.69) is 73.6 Å². The molecule has 0 heteroatoms. The van der Waals surface area contributed by atoms with Gasteiger partial charge in [0.25, 0.3) is 0 Å². The molecule has 0 aliphatic carbocycles. The van der Waals surface area contributed by atoms with Crippen LogP contribution in [-0.4, -0.2) is 0 Å². The molecule has 0 unspecified atom stereocenters. The van der Waals surface area contributed by atoms with Crippen LogP contribution in [0.5, 0.6) is 0 Å². The van der Waals surface area contributed by atoms with Crippen molar-refractivity contribution in [3.8, 4) is 0 Å². The number of hydrogen-bond acceptors (Lipinski definition) is 0. The summed E-state index contributed by atoms with van der Waals surface area (Å²) in [5.74, 6) is 0.593. The fourth-order valence-corrected chi connectivity index (χ4v) is 2.56. The normalized spacial score (nSPS) is 13.7. The lowest BCUT2D eigenvalue weighted by atomic mass is 9.84. The molecule has 106 valence electrons. The lowest BCUT2D eigenvalue weighted by Crippen LogP contribution is -2.06. The number of aryl methyl sites for hydroxylation is 1. The van der Waals surface area contributed by atoms with Crippen molar-refractivity contribution in [2.75, 3.05) is 0 Å².